The van der Waals surface area contributed by atoms with Crippen molar-refractivity contribution < 1.29 is 13.3 Å². The number of sulfonamides is 1. The Kier molecular flexibility index (Phi) is 4.13. The lowest BCUT2D eigenvalue weighted by atomic mass is 10.2. The lowest BCUT2D eigenvalue weighted by Crippen LogP contribution is -2.37. The summed E-state index contributed by atoms with van der Waals surface area (Å²) in [7, 11) is -3.57. The molecular formula is C11H15N3O4S. The fourth-order valence-electron chi connectivity index (χ4n) is 2.07. The second-order valence-electron chi connectivity index (χ2n) is 4.45. The van der Waals surface area contributed by atoms with Crippen LogP contribution >= 0.6 is 0 Å². The van der Waals surface area contributed by atoms with Crippen molar-refractivity contribution in [1.29, 1.82) is 0 Å². The first-order valence-corrected chi connectivity index (χ1v) is 7.56. The Hall–Kier alpha value is -1.51. The normalized spacial score (nSPS) is 19.5. The first-order chi connectivity index (χ1) is 8.98. The van der Waals surface area contributed by atoms with E-state index in [0.29, 0.717) is 6.54 Å². The van der Waals surface area contributed by atoms with Crippen LogP contribution in [0.1, 0.15) is 12.0 Å². The third kappa shape index (κ3) is 3.72. The molecule has 0 aromatic heterocycles. The highest BCUT2D eigenvalue weighted by molar-refractivity contribution is 7.88. The minimum atomic E-state index is -3.57. The van der Waals surface area contributed by atoms with Crippen LogP contribution in [-0.2, 0) is 15.8 Å². The number of hydrogen-bond acceptors (Lipinski definition) is 5. The number of benzene rings is 1. The molecule has 7 nitrogen and oxygen atoms in total. The summed E-state index contributed by atoms with van der Waals surface area (Å²) >= 11 is 0. The van der Waals surface area contributed by atoms with Crippen molar-refractivity contribution in [1.82, 2.24) is 10.0 Å². The van der Waals surface area contributed by atoms with Crippen LogP contribution in [0.5, 0.6) is 0 Å². The summed E-state index contributed by atoms with van der Waals surface area (Å²) in [6, 6.07) is 5.75. The average Bonchev–Trinajstić information content (AvgIpc) is 2.80. The van der Waals surface area contributed by atoms with E-state index in [9.17, 15) is 18.5 Å². The van der Waals surface area contributed by atoms with E-state index in [1.54, 1.807) is 6.07 Å². The van der Waals surface area contributed by atoms with E-state index in [1.807, 2.05) is 0 Å². The van der Waals surface area contributed by atoms with Gasteiger partial charge in [-0.2, -0.15) is 0 Å². The lowest BCUT2D eigenvalue weighted by Gasteiger charge is -2.11. The number of para-hydroxylation sites is 1. The standard InChI is InChI=1S/C11H15N3O4S/c15-14(16)11-4-2-1-3-9(11)8-19(17,18)13-10-5-6-12-7-10/h1-4,10,12-13H,5-8H2. The molecule has 1 atom stereocenters. The number of nitro benzene ring substituents is 1. The first kappa shape index (κ1) is 13.9. The molecule has 8 heteroatoms. The molecule has 0 radical (unpaired) electrons. The topological polar surface area (TPSA) is 101 Å². The van der Waals surface area contributed by atoms with Crippen molar-refractivity contribution in [2.45, 2.75) is 18.2 Å². The summed E-state index contributed by atoms with van der Waals surface area (Å²) in [5.41, 5.74) is 0.0309. The third-order valence-electron chi connectivity index (χ3n) is 2.94. The largest absolute Gasteiger partial charge is 0.315 e. The number of nitrogens with one attached hydrogen (secondary N) is 2. The highest BCUT2D eigenvalue weighted by Crippen LogP contribution is 2.20. The van der Waals surface area contributed by atoms with Crippen molar-refractivity contribution in [3.8, 4) is 0 Å². The number of nitro groups is 1. The third-order valence-corrected chi connectivity index (χ3v) is 4.32. The van der Waals surface area contributed by atoms with Gasteiger partial charge in [0.25, 0.3) is 5.69 Å². The van der Waals surface area contributed by atoms with E-state index >= 15 is 0 Å². The van der Waals surface area contributed by atoms with Gasteiger partial charge in [-0.05, 0) is 13.0 Å². The molecule has 1 unspecified atom stereocenters. The van der Waals surface area contributed by atoms with Crippen LogP contribution in [0.3, 0.4) is 0 Å². The SMILES string of the molecule is O=[N+]([O-])c1ccccc1CS(=O)(=O)NC1CCNC1. The van der Waals surface area contributed by atoms with Gasteiger partial charge in [0.2, 0.25) is 10.0 Å². The van der Waals surface area contributed by atoms with E-state index in [4.69, 9.17) is 0 Å². The highest BCUT2D eigenvalue weighted by atomic mass is 32.2. The minimum Gasteiger partial charge on any atom is -0.315 e. The summed E-state index contributed by atoms with van der Waals surface area (Å²) in [4.78, 5) is 10.3. The van der Waals surface area contributed by atoms with Gasteiger partial charge < -0.3 is 5.32 Å². The minimum absolute atomic E-state index is 0.132. The molecule has 19 heavy (non-hydrogen) atoms. The van der Waals surface area contributed by atoms with Crippen LogP contribution in [0.25, 0.3) is 0 Å². The van der Waals surface area contributed by atoms with Gasteiger partial charge in [-0.3, -0.25) is 10.1 Å². The smallest absolute Gasteiger partial charge is 0.273 e. The van der Waals surface area contributed by atoms with E-state index < -0.39 is 14.9 Å². The van der Waals surface area contributed by atoms with E-state index in [1.165, 1.54) is 18.2 Å². The van der Waals surface area contributed by atoms with Gasteiger partial charge in [0.1, 0.15) is 0 Å². The molecule has 0 saturated carbocycles. The van der Waals surface area contributed by atoms with Crippen molar-refractivity contribution >= 4 is 15.7 Å². The van der Waals surface area contributed by atoms with Crippen LogP contribution in [0, 0.1) is 10.1 Å². The quantitative estimate of drug-likeness (QED) is 0.601. The second kappa shape index (κ2) is 5.64. The molecule has 1 aliphatic heterocycles. The second-order valence-corrected chi connectivity index (χ2v) is 6.21. The summed E-state index contributed by atoms with van der Waals surface area (Å²) in [5.74, 6) is -0.374. The van der Waals surface area contributed by atoms with Crippen molar-refractivity contribution in [3.05, 3.63) is 39.9 Å². The monoisotopic (exact) mass is 285 g/mol. The van der Waals surface area contributed by atoms with Gasteiger partial charge in [-0.1, -0.05) is 18.2 Å². The number of rotatable bonds is 5. The average molecular weight is 285 g/mol. The Morgan fingerprint density at radius 3 is 2.79 bits per heavy atom. The zero-order valence-corrected chi connectivity index (χ0v) is 11.0. The van der Waals surface area contributed by atoms with Crippen LogP contribution in [0.15, 0.2) is 24.3 Å². The molecular weight excluding hydrogens is 270 g/mol. The number of nitrogens with zero attached hydrogens (tertiary/aromatic N) is 1. The molecule has 2 rings (SSSR count). The summed E-state index contributed by atoms with van der Waals surface area (Å²) < 4.78 is 26.5. The Morgan fingerprint density at radius 1 is 1.42 bits per heavy atom. The molecule has 0 amide bonds. The Morgan fingerprint density at radius 2 is 2.16 bits per heavy atom. The fourth-order valence-corrected chi connectivity index (χ4v) is 3.51. The molecule has 104 valence electrons. The Bertz CT molecular complexity index is 567. The molecule has 0 aliphatic carbocycles. The summed E-state index contributed by atoms with van der Waals surface area (Å²) in [6.45, 7) is 1.37. The molecule has 1 aliphatic rings. The van der Waals surface area contributed by atoms with Crippen LogP contribution in [0.2, 0.25) is 0 Å². The molecule has 1 aromatic carbocycles. The maximum Gasteiger partial charge on any atom is 0.273 e. The van der Waals surface area contributed by atoms with Crippen molar-refractivity contribution in [2.24, 2.45) is 0 Å². The maximum absolute atomic E-state index is 12.0. The highest BCUT2D eigenvalue weighted by Gasteiger charge is 2.24. The summed E-state index contributed by atoms with van der Waals surface area (Å²) in [5, 5.41) is 13.9. The van der Waals surface area contributed by atoms with Crippen LogP contribution in [0.4, 0.5) is 5.69 Å². The van der Waals surface area contributed by atoms with E-state index in [-0.39, 0.29) is 23.0 Å². The molecule has 2 N–H and O–H groups in total. The molecule has 0 spiro atoms. The predicted molar refractivity (Wildman–Crippen MR) is 70.1 cm³/mol. The number of hydrogen-bond donors (Lipinski definition) is 2. The fraction of sp³-hybridized carbons (Fsp3) is 0.455. The molecule has 1 saturated heterocycles. The van der Waals surface area contributed by atoms with Crippen molar-refractivity contribution in [2.75, 3.05) is 13.1 Å². The maximum atomic E-state index is 12.0. The lowest BCUT2D eigenvalue weighted by molar-refractivity contribution is -0.385. The van der Waals surface area contributed by atoms with E-state index in [2.05, 4.69) is 10.0 Å². The van der Waals surface area contributed by atoms with E-state index in [0.717, 1.165) is 13.0 Å². The zero-order chi connectivity index (χ0) is 13.9. The van der Waals surface area contributed by atoms with Gasteiger partial charge in [-0.25, -0.2) is 13.1 Å². The van der Waals surface area contributed by atoms with Gasteiger partial charge in [0.15, 0.2) is 0 Å². The van der Waals surface area contributed by atoms with Crippen LogP contribution < -0.4 is 10.0 Å². The molecule has 1 heterocycles. The zero-order valence-electron chi connectivity index (χ0n) is 10.2. The Balaban J connectivity index is 2.13. The van der Waals surface area contributed by atoms with Gasteiger partial charge in [0, 0.05) is 24.2 Å². The molecule has 1 aromatic rings. The molecule has 1 fully saturated rings. The molecule has 0 bridgehead atoms. The Labute approximate surface area is 111 Å². The van der Waals surface area contributed by atoms with Gasteiger partial charge in [-0.15, -0.1) is 0 Å². The van der Waals surface area contributed by atoms with Crippen LogP contribution in [-0.4, -0.2) is 32.5 Å². The van der Waals surface area contributed by atoms with Gasteiger partial charge in [0.05, 0.1) is 10.7 Å². The first-order valence-electron chi connectivity index (χ1n) is 5.91. The van der Waals surface area contributed by atoms with Crippen molar-refractivity contribution in [3.63, 3.8) is 0 Å². The van der Waals surface area contributed by atoms with Gasteiger partial charge >= 0.3 is 0 Å². The summed E-state index contributed by atoms with van der Waals surface area (Å²) in [6.07, 6.45) is 0.732. The predicted octanol–water partition coefficient (Wildman–Crippen LogP) is 0.376.